The van der Waals surface area contributed by atoms with Crippen LogP contribution < -0.4 is 5.32 Å². The largest absolute Gasteiger partial charge is 0.481 e. The molecule has 2 aliphatic rings. The van der Waals surface area contributed by atoms with Gasteiger partial charge in [-0.2, -0.15) is 0 Å². The van der Waals surface area contributed by atoms with Crippen molar-refractivity contribution in [1.29, 1.82) is 0 Å². The molecular formula is C16H29NO2. The first-order valence-electron chi connectivity index (χ1n) is 8.05. The van der Waals surface area contributed by atoms with Gasteiger partial charge < -0.3 is 10.4 Å². The zero-order valence-corrected chi connectivity index (χ0v) is 12.4. The number of carboxylic acid groups (broad SMARTS) is 1. The number of carbonyl (C=O) groups is 1. The minimum atomic E-state index is -0.587. The molecule has 4 unspecified atom stereocenters. The molecule has 4 atom stereocenters. The summed E-state index contributed by atoms with van der Waals surface area (Å²) in [5.74, 6) is 1.10. The number of hydrogen-bond donors (Lipinski definition) is 2. The van der Waals surface area contributed by atoms with Crippen LogP contribution in [-0.4, -0.2) is 23.7 Å². The van der Waals surface area contributed by atoms with E-state index < -0.39 is 5.97 Å². The van der Waals surface area contributed by atoms with Crippen LogP contribution in [0.2, 0.25) is 0 Å². The minimum Gasteiger partial charge on any atom is -0.481 e. The van der Waals surface area contributed by atoms with Gasteiger partial charge in [-0.15, -0.1) is 0 Å². The summed E-state index contributed by atoms with van der Waals surface area (Å²) in [4.78, 5) is 11.3. The van der Waals surface area contributed by atoms with Gasteiger partial charge in [0.25, 0.3) is 0 Å². The van der Waals surface area contributed by atoms with E-state index in [0.717, 1.165) is 37.6 Å². The first-order chi connectivity index (χ1) is 9.09. The second-order valence-corrected chi connectivity index (χ2v) is 6.81. The Hall–Kier alpha value is -0.570. The summed E-state index contributed by atoms with van der Waals surface area (Å²) < 4.78 is 0. The molecule has 0 spiro atoms. The van der Waals surface area contributed by atoms with Crippen LogP contribution in [0.1, 0.15) is 58.8 Å². The molecule has 2 rings (SSSR count). The molecule has 2 fully saturated rings. The van der Waals surface area contributed by atoms with Crippen LogP contribution in [0.5, 0.6) is 0 Å². The molecule has 0 aromatic rings. The average Bonchev–Trinajstić information content (AvgIpc) is 2.38. The molecule has 0 aromatic carbocycles. The molecule has 2 aliphatic carbocycles. The van der Waals surface area contributed by atoms with Crippen LogP contribution in [0, 0.1) is 23.7 Å². The van der Waals surface area contributed by atoms with Crippen molar-refractivity contribution < 1.29 is 9.90 Å². The summed E-state index contributed by atoms with van der Waals surface area (Å²) in [7, 11) is 0. The first-order valence-corrected chi connectivity index (χ1v) is 8.05. The second kappa shape index (κ2) is 6.74. The molecule has 3 heteroatoms. The van der Waals surface area contributed by atoms with Crippen LogP contribution in [0.3, 0.4) is 0 Å². The van der Waals surface area contributed by atoms with E-state index in [9.17, 15) is 9.90 Å². The van der Waals surface area contributed by atoms with Gasteiger partial charge in [0.1, 0.15) is 0 Å². The Labute approximate surface area is 117 Å². The standard InChI is InChI=1S/C16H29NO2/c1-11-6-5-7-12(2)15(11)17-10-13-8-3-4-9-14(13)16(18)19/h11-15,17H,3-10H2,1-2H3,(H,18,19). The Morgan fingerprint density at radius 3 is 2.32 bits per heavy atom. The average molecular weight is 267 g/mol. The summed E-state index contributed by atoms with van der Waals surface area (Å²) in [5.41, 5.74) is 0. The lowest BCUT2D eigenvalue weighted by molar-refractivity contribution is -0.144. The number of aliphatic carboxylic acids is 1. The SMILES string of the molecule is CC1CCCC(C)C1NCC1CCCCC1C(=O)O. The molecule has 2 N–H and O–H groups in total. The normalized spacial score (nSPS) is 40.0. The highest BCUT2D eigenvalue weighted by Crippen LogP contribution is 2.32. The molecule has 0 bridgehead atoms. The Bertz CT molecular complexity index is 295. The van der Waals surface area contributed by atoms with Gasteiger partial charge in [-0.05, 0) is 50.0 Å². The molecule has 0 saturated heterocycles. The van der Waals surface area contributed by atoms with E-state index >= 15 is 0 Å². The van der Waals surface area contributed by atoms with Gasteiger partial charge in [0, 0.05) is 6.04 Å². The van der Waals surface area contributed by atoms with Crippen molar-refractivity contribution in [2.75, 3.05) is 6.54 Å². The molecule has 0 heterocycles. The Kier molecular flexibility index (Phi) is 5.26. The van der Waals surface area contributed by atoms with E-state index in [2.05, 4.69) is 19.2 Å². The zero-order chi connectivity index (χ0) is 13.8. The maximum absolute atomic E-state index is 11.3. The predicted molar refractivity (Wildman–Crippen MR) is 77.1 cm³/mol. The maximum Gasteiger partial charge on any atom is 0.306 e. The van der Waals surface area contributed by atoms with Crippen LogP contribution in [0.4, 0.5) is 0 Å². The van der Waals surface area contributed by atoms with Crippen molar-refractivity contribution in [2.24, 2.45) is 23.7 Å². The highest BCUT2D eigenvalue weighted by atomic mass is 16.4. The number of nitrogens with one attached hydrogen (secondary N) is 1. The summed E-state index contributed by atoms with van der Waals surface area (Å²) in [6.07, 6.45) is 8.22. The first kappa shape index (κ1) is 14.8. The van der Waals surface area contributed by atoms with Gasteiger partial charge in [0.15, 0.2) is 0 Å². The Morgan fingerprint density at radius 1 is 1.05 bits per heavy atom. The number of rotatable bonds is 4. The van der Waals surface area contributed by atoms with Crippen LogP contribution in [-0.2, 0) is 4.79 Å². The van der Waals surface area contributed by atoms with E-state index in [4.69, 9.17) is 0 Å². The van der Waals surface area contributed by atoms with Crippen molar-refractivity contribution >= 4 is 5.97 Å². The molecule has 2 saturated carbocycles. The fourth-order valence-electron chi connectivity index (χ4n) is 4.15. The smallest absolute Gasteiger partial charge is 0.306 e. The van der Waals surface area contributed by atoms with E-state index in [1.165, 1.54) is 25.7 Å². The summed E-state index contributed by atoms with van der Waals surface area (Å²) in [6.45, 7) is 5.57. The summed E-state index contributed by atoms with van der Waals surface area (Å²) in [5, 5.41) is 13.0. The van der Waals surface area contributed by atoms with Crippen molar-refractivity contribution in [2.45, 2.75) is 64.8 Å². The van der Waals surface area contributed by atoms with Crippen LogP contribution in [0.15, 0.2) is 0 Å². The minimum absolute atomic E-state index is 0.115. The molecule has 0 radical (unpaired) electrons. The maximum atomic E-state index is 11.3. The third kappa shape index (κ3) is 3.71. The topological polar surface area (TPSA) is 49.3 Å². The van der Waals surface area contributed by atoms with Gasteiger partial charge in [0.05, 0.1) is 5.92 Å². The fourth-order valence-corrected chi connectivity index (χ4v) is 4.15. The van der Waals surface area contributed by atoms with Crippen molar-refractivity contribution in [3.63, 3.8) is 0 Å². The fraction of sp³-hybridized carbons (Fsp3) is 0.938. The lowest BCUT2D eigenvalue weighted by Crippen LogP contribution is -2.46. The van der Waals surface area contributed by atoms with E-state index in [1.54, 1.807) is 0 Å². The summed E-state index contributed by atoms with van der Waals surface area (Å²) in [6, 6.07) is 0.588. The number of hydrogen-bond acceptors (Lipinski definition) is 2. The molecule has 19 heavy (non-hydrogen) atoms. The van der Waals surface area contributed by atoms with Gasteiger partial charge in [0.2, 0.25) is 0 Å². The quantitative estimate of drug-likeness (QED) is 0.821. The van der Waals surface area contributed by atoms with Crippen LogP contribution >= 0.6 is 0 Å². The monoisotopic (exact) mass is 267 g/mol. The lowest BCUT2D eigenvalue weighted by Gasteiger charge is -2.37. The summed E-state index contributed by atoms with van der Waals surface area (Å²) >= 11 is 0. The van der Waals surface area contributed by atoms with Gasteiger partial charge in [-0.1, -0.05) is 33.1 Å². The van der Waals surface area contributed by atoms with E-state index in [0.29, 0.717) is 12.0 Å². The van der Waals surface area contributed by atoms with Crippen molar-refractivity contribution in [3.05, 3.63) is 0 Å². The molecular weight excluding hydrogens is 238 g/mol. The zero-order valence-electron chi connectivity index (χ0n) is 12.4. The van der Waals surface area contributed by atoms with Crippen molar-refractivity contribution in [1.82, 2.24) is 5.32 Å². The third-order valence-electron chi connectivity index (χ3n) is 5.39. The molecule has 110 valence electrons. The Morgan fingerprint density at radius 2 is 1.68 bits per heavy atom. The van der Waals surface area contributed by atoms with E-state index in [-0.39, 0.29) is 5.92 Å². The van der Waals surface area contributed by atoms with Gasteiger partial charge in [-0.25, -0.2) is 0 Å². The highest BCUT2D eigenvalue weighted by molar-refractivity contribution is 5.70. The molecule has 3 nitrogen and oxygen atoms in total. The third-order valence-corrected chi connectivity index (χ3v) is 5.39. The van der Waals surface area contributed by atoms with Gasteiger partial charge >= 0.3 is 5.97 Å². The molecule has 0 aliphatic heterocycles. The Balaban J connectivity index is 1.87. The van der Waals surface area contributed by atoms with Gasteiger partial charge in [-0.3, -0.25) is 4.79 Å². The molecule has 0 aromatic heterocycles. The molecule has 0 amide bonds. The highest BCUT2D eigenvalue weighted by Gasteiger charge is 2.33. The number of carboxylic acids is 1. The van der Waals surface area contributed by atoms with Crippen molar-refractivity contribution in [3.8, 4) is 0 Å². The predicted octanol–water partition coefficient (Wildman–Crippen LogP) is 3.29. The second-order valence-electron chi connectivity index (χ2n) is 6.81. The van der Waals surface area contributed by atoms with Crippen LogP contribution in [0.25, 0.3) is 0 Å². The lowest BCUT2D eigenvalue weighted by atomic mass is 9.76. The van der Waals surface area contributed by atoms with E-state index in [1.807, 2.05) is 0 Å².